The summed E-state index contributed by atoms with van der Waals surface area (Å²) in [6.45, 7) is 13.0. The third kappa shape index (κ3) is 18.5. The molecule has 4 aliphatic rings. The number of aryl methyl sites for hydroxylation is 1. The molecule has 0 spiro atoms. The number of hydrogen-bond donors (Lipinski definition) is 4. The van der Waals surface area contributed by atoms with Gasteiger partial charge in [0.2, 0.25) is 5.79 Å². The van der Waals surface area contributed by atoms with E-state index in [4.69, 9.17) is 34.0 Å². The van der Waals surface area contributed by atoms with Gasteiger partial charge in [-0.15, -0.1) is 11.2 Å². The van der Waals surface area contributed by atoms with Crippen molar-refractivity contribution in [3.63, 3.8) is 0 Å². The van der Waals surface area contributed by atoms with Crippen LogP contribution in [0.2, 0.25) is 0 Å². The van der Waals surface area contributed by atoms with Gasteiger partial charge in [0.25, 0.3) is 11.7 Å². The minimum atomic E-state index is -2.42. The number of Topliss-reactive ketones (excluding diaryl/α,β-unsaturated/α-hetero) is 2. The number of ketones is 2. The van der Waals surface area contributed by atoms with Crippen molar-refractivity contribution >= 4 is 23.4 Å². The number of aromatic nitrogens is 1. The van der Waals surface area contributed by atoms with Crippen molar-refractivity contribution in [1.29, 1.82) is 0 Å². The normalized spacial score (nSPS) is 37.5. The Labute approximate surface area is 431 Å². The zero-order valence-electron chi connectivity index (χ0n) is 43.3. The van der Waals surface area contributed by atoms with Crippen LogP contribution in [-0.4, -0.2) is 130 Å². The number of rotatable bonds is 5. The second kappa shape index (κ2) is 30.7. The van der Waals surface area contributed by atoms with Gasteiger partial charge < -0.3 is 61.2 Å². The second-order valence-corrected chi connectivity index (χ2v) is 20.2. The third-order valence-electron chi connectivity index (χ3n) is 14.6. The van der Waals surface area contributed by atoms with E-state index < -0.39 is 83.9 Å². The molecular formula is C53H82N4O13Os-2. The van der Waals surface area contributed by atoms with Crippen LogP contribution in [0, 0.1) is 42.6 Å². The van der Waals surface area contributed by atoms with E-state index in [2.05, 4.69) is 15.7 Å². The predicted molar refractivity (Wildman–Crippen MR) is 262 cm³/mol. The van der Waals surface area contributed by atoms with Crippen LogP contribution in [0.25, 0.3) is 5.73 Å². The molecule has 1 aliphatic carbocycles. The molecule has 402 valence electrons. The number of esters is 1. The standard InChI is InChI=1S/C49H78N3O11.C4H4NO.O.Os/c1-29-14-10-9-11-15-30(2)38(51)28-37-20-17-34(6)49(59,63-37)46(56)47(57)52-23-13-12-16-39(52)48(58)62-41(31(3)25-35-18-21-40(53)42(27-35)60-7)22-19-36(50)26-33(5)44(55)45(61-8)43(54)32(4)24-29;1-4-2-3-6-5-4;;/h9-11,14-15,26,29,31-32,34-42,44-45,51,53,55,59H,12-13,16-25,27-28,50H2,1-8H3;3H,1H3;;/q2*-1;;/b11-9+,14-10+,30-15+,33-26+;;;/t29-,31-,32?,34?,35?,36+,37?,38?,39?,40-,41+,42?,44?,45+,49?;;;/m1.../s1. The van der Waals surface area contributed by atoms with Crippen LogP contribution < -0.4 is 5.73 Å². The molecule has 0 radical (unpaired) electrons. The molecule has 1 saturated carbocycles. The molecule has 1 aromatic heterocycles. The fourth-order valence-corrected chi connectivity index (χ4v) is 10.1. The van der Waals surface area contributed by atoms with Gasteiger partial charge in [-0.3, -0.25) is 14.4 Å². The maximum absolute atomic E-state index is 14.3. The van der Waals surface area contributed by atoms with E-state index in [1.165, 1.54) is 18.3 Å². The van der Waals surface area contributed by atoms with Crippen molar-refractivity contribution in [3.8, 4) is 0 Å². The topological polar surface area (TPSA) is 262 Å². The Morgan fingerprint density at radius 2 is 1.65 bits per heavy atom. The van der Waals surface area contributed by atoms with Crippen LogP contribution >= 0.6 is 0 Å². The van der Waals surface area contributed by atoms with Gasteiger partial charge in [0, 0.05) is 38.6 Å². The van der Waals surface area contributed by atoms with E-state index in [0.29, 0.717) is 88.3 Å². The summed E-state index contributed by atoms with van der Waals surface area (Å²) in [6.07, 6.45) is 14.6. The third-order valence-corrected chi connectivity index (χ3v) is 14.6. The molecule has 3 fully saturated rings. The van der Waals surface area contributed by atoms with E-state index in [0.717, 1.165) is 17.7 Å². The molecule has 6 N–H and O–H groups in total. The molecule has 2 bridgehead atoms. The van der Waals surface area contributed by atoms with Crippen molar-refractivity contribution in [2.45, 2.75) is 192 Å². The number of aliphatic hydroxyl groups excluding tert-OH is 2. The molecule has 1 amide bonds. The number of nitrogens with two attached hydrogens (primary N) is 1. The number of nitrogens with one attached hydrogen (secondary N) is 1. The number of hydrogen-bond acceptors (Lipinski definition) is 15. The summed E-state index contributed by atoms with van der Waals surface area (Å²) < 4.78 is 36.2. The molecule has 1 aromatic rings. The van der Waals surface area contributed by atoms with Crippen molar-refractivity contribution in [3.05, 3.63) is 71.4 Å². The summed E-state index contributed by atoms with van der Waals surface area (Å²) in [5, 5.41) is 37.2. The summed E-state index contributed by atoms with van der Waals surface area (Å²) in [7, 11) is 3.00. The van der Waals surface area contributed by atoms with Crippen molar-refractivity contribution in [2.24, 2.45) is 35.3 Å². The number of aliphatic hydroxyl groups is 3. The van der Waals surface area contributed by atoms with Gasteiger partial charge in [-0.05, 0) is 121 Å². The summed E-state index contributed by atoms with van der Waals surface area (Å²) in [6, 6.07) is 0.384. The Hall–Kier alpha value is -3.43. The number of carbonyl (C=O) groups is 4. The number of cyclic esters (lactones) is 1. The van der Waals surface area contributed by atoms with E-state index in [-0.39, 0.29) is 49.0 Å². The molecule has 18 heteroatoms. The Morgan fingerprint density at radius 1 is 0.930 bits per heavy atom. The van der Waals surface area contributed by atoms with Gasteiger partial charge in [0.1, 0.15) is 24.4 Å². The van der Waals surface area contributed by atoms with Crippen LogP contribution in [0.15, 0.2) is 58.4 Å². The van der Waals surface area contributed by atoms with E-state index in [1.807, 2.05) is 65.0 Å². The molecule has 9 unspecified atom stereocenters. The molecule has 0 aromatic carbocycles. The molecular weight excluding hydrogens is 1090 g/mol. The van der Waals surface area contributed by atoms with Crippen molar-refractivity contribution in [1.82, 2.24) is 10.1 Å². The fraction of sp³-hybridized carbons (Fsp3) is 0.717. The Morgan fingerprint density at radius 3 is 2.28 bits per heavy atom. The van der Waals surface area contributed by atoms with E-state index in [9.17, 15) is 34.5 Å². The second-order valence-electron chi connectivity index (χ2n) is 20.2. The number of piperidine rings is 1. The molecule has 15 atom stereocenters. The predicted octanol–water partition coefficient (Wildman–Crippen LogP) is 6.76. The average molecular weight is 1170 g/mol. The van der Waals surface area contributed by atoms with Gasteiger partial charge in [0.05, 0.1) is 18.3 Å². The molecule has 17 nitrogen and oxygen atoms in total. The SMILES string of the molecule is COC1CC(C[C@@H](C)[C@@H]2CC[C@H](N)/C=C(\C)C(O)[C@@H](OC)C(=O)C(C)C[C@H](C)/C=C/C=C/C=C(\C)C([NH-])CC3CCC(C)C(O)(O3)C(=O)C(=O)N3CCCCC3C(=O)O2)CC[C@H]1O.Cc1[c-]con1.[O]=[Os]. The molecule has 5 rings (SSSR count). The minimum absolute atomic E-state index is 0.0360. The van der Waals surface area contributed by atoms with Gasteiger partial charge in [-0.1, -0.05) is 88.6 Å². The average Bonchev–Trinajstić information content (AvgIpc) is 3.84. The number of fused-ring (bicyclic) bond motifs is 3. The summed E-state index contributed by atoms with van der Waals surface area (Å²) in [4.78, 5) is 57.4. The molecule has 2 saturated heterocycles. The van der Waals surface area contributed by atoms with Crippen molar-refractivity contribution in [2.75, 3.05) is 20.8 Å². The number of nitrogens with zero attached hydrogens (tertiary/aromatic N) is 2. The van der Waals surface area contributed by atoms with Gasteiger partial charge in [-0.25, -0.2) is 4.79 Å². The zero-order valence-corrected chi connectivity index (χ0v) is 45.8. The quantitative estimate of drug-likeness (QED) is 0.103. The van der Waals surface area contributed by atoms with Crippen LogP contribution in [0.1, 0.15) is 131 Å². The van der Waals surface area contributed by atoms with Crippen LogP contribution in [0.4, 0.5) is 0 Å². The van der Waals surface area contributed by atoms with Gasteiger partial charge in [0.15, 0.2) is 5.78 Å². The Kier molecular flexibility index (Phi) is 26.7. The van der Waals surface area contributed by atoms with Crippen LogP contribution in [0.5, 0.6) is 0 Å². The number of allylic oxidation sites excluding steroid dienone is 5. The zero-order chi connectivity index (χ0) is 53.0. The first-order valence-electron chi connectivity index (χ1n) is 25.2. The van der Waals surface area contributed by atoms with Crippen molar-refractivity contribution < 1.29 is 80.1 Å². The number of ether oxygens (including phenoxy) is 4. The van der Waals surface area contributed by atoms with Crippen LogP contribution in [-0.2, 0) is 60.2 Å². The Bertz CT molecular complexity index is 1950. The molecule has 3 aliphatic heterocycles. The monoisotopic (exact) mass is 1170 g/mol. The number of amides is 1. The van der Waals surface area contributed by atoms with Gasteiger partial charge in [-0.2, -0.15) is 0 Å². The fourth-order valence-electron chi connectivity index (χ4n) is 10.1. The molecule has 71 heavy (non-hydrogen) atoms. The van der Waals surface area contributed by atoms with E-state index >= 15 is 0 Å². The molecule has 4 heterocycles. The van der Waals surface area contributed by atoms with Gasteiger partial charge >= 0.3 is 28.1 Å². The van der Waals surface area contributed by atoms with Crippen LogP contribution in [0.3, 0.4) is 0 Å². The Balaban J connectivity index is 0.00000153. The first kappa shape index (κ1) is 61.9. The van der Waals surface area contributed by atoms with E-state index in [1.54, 1.807) is 27.0 Å². The number of carbonyl (C=O) groups excluding carboxylic acids is 4. The summed E-state index contributed by atoms with van der Waals surface area (Å²) >= 11 is 0.611. The summed E-state index contributed by atoms with van der Waals surface area (Å²) in [5.74, 6) is -6.43. The number of methoxy groups -OCH3 is 2. The maximum atomic E-state index is 14.3. The summed E-state index contributed by atoms with van der Waals surface area (Å²) in [5.41, 5.74) is 17.5. The first-order valence-corrected chi connectivity index (χ1v) is 26.2. The first-order chi connectivity index (χ1) is 33.7.